The summed E-state index contributed by atoms with van der Waals surface area (Å²) in [5.74, 6) is 1.55. The van der Waals surface area contributed by atoms with E-state index in [0.29, 0.717) is 24.2 Å². The smallest absolute Gasteiger partial charge is 0.320 e. The van der Waals surface area contributed by atoms with Crippen LogP contribution >= 0.6 is 0 Å². The maximum Gasteiger partial charge on any atom is 0.355 e. The Morgan fingerprint density at radius 1 is 1.00 bits per heavy atom. The van der Waals surface area contributed by atoms with Crippen LogP contribution in [-0.2, 0) is 11.2 Å². The van der Waals surface area contributed by atoms with Gasteiger partial charge in [0.1, 0.15) is 0 Å². The normalized spacial score (nSPS) is 31.0. The van der Waals surface area contributed by atoms with Gasteiger partial charge >= 0.3 is 6.11 Å². The molecule has 0 bridgehead atoms. The van der Waals surface area contributed by atoms with E-state index in [4.69, 9.17) is 4.74 Å². The van der Waals surface area contributed by atoms with Gasteiger partial charge < -0.3 is 4.74 Å². The first-order chi connectivity index (χ1) is 11.1. The summed E-state index contributed by atoms with van der Waals surface area (Å²) in [6, 6.07) is 9.12. The Balaban J connectivity index is 1.50. The second-order valence-corrected chi connectivity index (χ2v) is 7.35. The minimum absolute atomic E-state index is 0.101. The molecule has 0 amide bonds. The molecule has 1 aliphatic carbocycles. The molecule has 1 heterocycles. The summed E-state index contributed by atoms with van der Waals surface area (Å²) in [6.07, 6.45) is 4.65. The fraction of sp³-hybridized carbons (Fsp3) is 0.700. The van der Waals surface area contributed by atoms with Gasteiger partial charge in [-0.2, -0.15) is 8.78 Å². The van der Waals surface area contributed by atoms with Crippen molar-refractivity contribution >= 4 is 0 Å². The zero-order valence-corrected chi connectivity index (χ0v) is 14.1. The third-order valence-corrected chi connectivity index (χ3v) is 5.74. The predicted octanol–water partition coefficient (Wildman–Crippen LogP) is 5.93. The number of aryl methyl sites for hydroxylation is 1. The van der Waals surface area contributed by atoms with Crippen molar-refractivity contribution in [2.24, 2.45) is 11.8 Å². The number of ether oxygens (including phenoxy) is 1. The van der Waals surface area contributed by atoms with Crippen molar-refractivity contribution in [2.75, 3.05) is 6.61 Å². The molecular formula is C20H28F2O. The molecule has 1 aromatic rings. The van der Waals surface area contributed by atoms with E-state index in [1.165, 1.54) is 30.4 Å². The summed E-state index contributed by atoms with van der Waals surface area (Å²) in [4.78, 5) is 0. The number of halogens is 2. The van der Waals surface area contributed by atoms with Crippen LogP contribution in [0.4, 0.5) is 8.78 Å². The lowest BCUT2D eigenvalue weighted by atomic mass is 9.72. The van der Waals surface area contributed by atoms with E-state index < -0.39 is 6.11 Å². The summed E-state index contributed by atoms with van der Waals surface area (Å²) in [7, 11) is 0. The van der Waals surface area contributed by atoms with E-state index in [-0.39, 0.29) is 13.0 Å². The van der Waals surface area contributed by atoms with Crippen LogP contribution in [0.2, 0.25) is 0 Å². The lowest BCUT2D eigenvalue weighted by Gasteiger charge is -2.37. The molecule has 0 spiro atoms. The van der Waals surface area contributed by atoms with E-state index in [0.717, 1.165) is 19.3 Å². The van der Waals surface area contributed by atoms with Gasteiger partial charge in [0.25, 0.3) is 0 Å². The van der Waals surface area contributed by atoms with Crippen LogP contribution in [0, 0.1) is 11.8 Å². The van der Waals surface area contributed by atoms with Gasteiger partial charge in [-0.3, -0.25) is 0 Å². The molecule has 23 heavy (non-hydrogen) atoms. The van der Waals surface area contributed by atoms with Gasteiger partial charge in [-0.05, 0) is 67.4 Å². The summed E-state index contributed by atoms with van der Waals surface area (Å²) >= 11 is 0. The zero-order valence-electron chi connectivity index (χ0n) is 14.1. The number of hydrogen-bond acceptors (Lipinski definition) is 1. The average molecular weight is 322 g/mol. The molecule has 1 nitrogen and oxygen atoms in total. The molecule has 2 aliphatic rings. The van der Waals surface area contributed by atoms with E-state index in [2.05, 4.69) is 31.2 Å². The molecular weight excluding hydrogens is 294 g/mol. The highest BCUT2D eigenvalue weighted by Crippen LogP contribution is 2.43. The van der Waals surface area contributed by atoms with Gasteiger partial charge in [-0.1, -0.05) is 37.6 Å². The number of rotatable bonds is 4. The second kappa shape index (κ2) is 7.29. The summed E-state index contributed by atoms with van der Waals surface area (Å²) in [5.41, 5.74) is 2.87. The van der Waals surface area contributed by atoms with Crippen LogP contribution in [0.5, 0.6) is 0 Å². The van der Waals surface area contributed by atoms with Crippen LogP contribution in [-0.4, -0.2) is 12.7 Å². The first-order valence-corrected chi connectivity index (χ1v) is 9.18. The van der Waals surface area contributed by atoms with Crippen LogP contribution in [0.15, 0.2) is 24.3 Å². The van der Waals surface area contributed by atoms with Gasteiger partial charge in [0, 0.05) is 6.42 Å². The highest BCUT2D eigenvalue weighted by atomic mass is 19.3. The third kappa shape index (κ3) is 4.32. The Labute approximate surface area is 138 Å². The highest BCUT2D eigenvalue weighted by Gasteiger charge is 2.39. The number of benzene rings is 1. The molecule has 3 heteroatoms. The molecule has 3 rings (SSSR count). The van der Waals surface area contributed by atoms with Crippen molar-refractivity contribution in [2.45, 2.75) is 70.3 Å². The minimum Gasteiger partial charge on any atom is -0.320 e. The second-order valence-electron chi connectivity index (χ2n) is 7.35. The van der Waals surface area contributed by atoms with Crippen LogP contribution < -0.4 is 0 Å². The zero-order chi connectivity index (χ0) is 16.3. The van der Waals surface area contributed by atoms with Gasteiger partial charge in [0.05, 0.1) is 6.61 Å². The fourth-order valence-electron chi connectivity index (χ4n) is 4.28. The van der Waals surface area contributed by atoms with Crippen molar-refractivity contribution in [3.05, 3.63) is 35.4 Å². The van der Waals surface area contributed by atoms with E-state index >= 15 is 0 Å². The lowest BCUT2D eigenvalue weighted by molar-refractivity contribution is -0.272. The van der Waals surface area contributed by atoms with E-state index in [1.807, 2.05) is 0 Å². The third-order valence-electron chi connectivity index (χ3n) is 5.74. The first kappa shape index (κ1) is 16.9. The standard InChI is InChI=1S/C20H28F2O/c1-2-3-15-4-6-16(7-5-15)17-8-10-18(11-9-17)19-12-13-20(21,22)23-14-19/h4-7,17-19H,2-3,8-14H2,1H3. The monoisotopic (exact) mass is 322 g/mol. The summed E-state index contributed by atoms with van der Waals surface area (Å²) in [5, 5.41) is 0. The Hall–Kier alpha value is -0.960. The van der Waals surface area contributed by atoms with Crippen molar-refractivity contribution in [3.8, 4) is 0 Å². The maximum atomic E-state index is 13.1. The summed E-state index contributed by atoms with van der Waals surface area (Å²) in [6.45, 7) is 2.45. The molecule has 2 fully saturated rings. The van der Waals surface area contributed by atoms with Gasteiger partial charge in [-0.25, -0.2) is 0 Å². The van der Waals surface area contributed by atoms with Gasteiger partial charge in [-0.15, -0.1) is 0 Å². The van der Waals surface area contributed by atoms with E-state index in [1.54, 1.807) is 0 Å². The van der Waals surface area contributed by atoms with Crippen molar-refractivity contribution < 1.29 is 13.5 Å². The van der Waals surface area contributed by atoms with Crippen molar-refractivity contribution in [3.63, 3.8) is 0 Å². The van der Waals surface area contributed by atoms with E-state index in [9.17, 15) is 8.78 Å². The van der Waals surface area contributed by atoms with Crippen molar-refractivity contribution in [1.29, 1.82) is 0 Å². The highest BCUT2D eigenvalue weighted by molar-refractivity contribution is 5.25. The molecule has 1 saturated heterocycles. The van der Waals surface area contributed by atoms with Crippen LogP contribution in [0.25, 0.3) is 0 Å². The molecule has 1 aromatic carbocycles. The fourth-order valence-corrected chi connectivity index (χ4v) is 4.28. The first-order valence-electron chi connectivity index (χ1n) is 9.18. The molecule has 0 N–H and O–H groups in total. The molecule has 1 saturated carbocycles. The molecule has 128 valence electrons. The maximum absolute atomic E-state index is 13.1. The SMILES string of the molecule is CCCc1ccc(C2CCC(C3CCC(F)(F)OC3)CC2)cc1. The Bertz CT molecular complexity index is 479. The number of alkyl halides is 2. The Morgan fingerprint density at radius 2 is 1.70 bits per heavy atom. The molecule has 1 aliphatic heterocycles. The largest absolute Gasteiger partial charge is 0.355 e. The van der Waals surface area contributed by atoms with Gasteiger partial charge in [0.15, 0.2) is 0 Å². The Morgan fingerprint density at radius 3 is 2.26 bits per heavy atom. The Kier molecular flexibility index (Phi) is 5.35. The quantitative estimate of drug-likeness (QED) is 0.667. The molecule has 1 atom stereocenters. The average Bonchev–Trinajstić information content (AvgIpc) is 2.56. The minimum atomic E-state index is -2.88. The predicted molar refractivity (Wildman–Crippen MR) is 88.8 cm³/mol. The molecule has 0 aromatic heterocycles. The van der Waals surface area contributed by atoms with Gasteiger partial charge in [0.2, 0.25) is 0 Å². The molecule has 0 radical (unpaired) electrons. The topological polar surface area (TPSA) is 9.23 Å². The van der Waals surface area contributed by atoms with Crippen LogP contribution in [0.3, 0.4) is 0 Å². The van der Waals surface area contributed by atoms with Crippen molar-refractivity contribution in [1.82, 2.24) is 0 Å². The summed E-state index contributed by atoms with van der Waals surface area (Å²) < 4.78 is 30.9. The number of hydrogen-bond donors (Lipinski definition) is 0. The molecule has 1 unspecified atom stereocenters. The lowest BCUT2D eigenvalue weighted by Crippen LogP contribution is -2.35. The van der Waals surface area contributed by atoms with Crippen LogP contribution in [0.1, 0.15) is 68.9 Å².